The molecular weight excluding hydrogens is 249 g/mol. The van der Waals surface area contributed by atoms with Gasteiger partial charge in [0.2, 0.25) is 0 Å². The Kier molecular flexibility index (Phi) is 3.51. The first-order valence-electron chi connectivity index (χ1n) is 8.34. The third kappa shape index (κ3) is 2.07. The highest BCUT2D eigenvalue weighted by molar-refractivity contribution is 6.47. The highest BCUT2D eigenvalue weighted by Gasteiger charge is 2.68. The van der Waals surface area contributed by atoms with E-state index in [2.05, 4.69) is 34.6 Å². The van der Waals surface area contributed by atoms with Crippen LogP contribution in [0.1, 0.15) is 60.3 Å². The highest BCUT2D eigenvalue weighted by Crippen LogP contribution is 2.65. The van der Waals surface area contributed by atoms with Crippen molar-refractivity contribution >= 4 is 7.12 Å². The predicted octanol–water partition coefficient (Wildman–Crippen LogP) is 3.02. The average molecular weight is 279 g/mol. The molecule has 1 heterocycles. The second kappa shape index (κ2) is 4.72. The van der Waals surface area contributed by atoms with Crippen molar-refractivity contribution in [1.82, 2.24) is 0 Å². The third-order valence-electron chi connectivity index (χ3n) is 6.40. The van der Waals surface area contributed by atoms with E-state index in [0.717, 1.165) is 25.2 Å². The van der Waals surface area contributed by atoms with Gasteiger partial charge in [0.25, 0.3) is 0 Å². The Morgan fingerprint density at radius 3 is 2.50 bits per heavy atom. The van der Waals surface area contributed by atoms with Crippen molar-refractivity contribution in [2.24, 2.45) is 28.9 Å². The van der Waals surface area contributed by atoms with Gasteiger partial charge in [-0.1, -0.05) is 27.7 Å². The Labute approximate surface area is 124 Å². The molecule has 1 aliphatic heterocycles. The summed E-state index contributed by atoms with van der Waals surface area (Å²) in [5.41, 5.74) is 6.61. The molecule has 114 valence electrons. The van der Waals surface area contributed by atoms with Gasteiger partial charge in [-0.2, -0.15) is 0 Å². The molecule has 0 radical (unpaired) electrons. The molecule has 1 saturated heterocycles. The molecule has 3 saturated carbocycles. The summed E-state index contributed by atoms with van der Waals surface area (Å²) in [4.78, 5) is 0. The van der Waals surface area contributed by atoms with Crippen molar-refractivity contribution in [3.8, 4) is 0 Å². The van der Waals surface area contributed by atoms with Gasteiger partial charge in [-0.3, -0.25) is 0 Å². The largest absolute Gasteiger partial charge is 0.475 e. The van der Waals surface area contributed by atoms with E-state index in [4.69, 9.17) is 15.0 Å². The lowest BCUT2D eigenvalue weighted by Crippen LogP contribution is -2.65. The van der Waals surface area contributed by atoms with Crippen molar-refractivity contribution in [1.29, 1.82) is 0 Å². The normalized spacial score (nSPS) is 43.4. The second-order valence-corrected chi connectivity index (χ2v) is 8.47. The average Bonchev–Trinajstić information content (AvgIpc) is 2.72. The Hall–Kier alpha value is -0.0551. The minimum Gasteiger partial charge on any atom is -0.404 e. The number of hydrogen-bond donors (Lipinski definition) is 1. The molecule has 4 aliphatic rings. The van der Waals surface area contributed by atoms with Crippen LogP contribution < -0.4 is 5.73 Å². The van der Waals surface area contributed by atoms with Gasteiger partial charge in [-0.05, 0) is 55.8 Å². The molecule has 4 heteroatoms. The molecule has 4 rings (SSSR count). The molecule has 0 aromatic carbocycles. The zero-order valence-electron chi connectivity index (χ0n) is 13.7. The Morgan fingerprint density at radius 1 is 1.20 bits per heavy atom. The fourth-order valence-corrected chi connectivity index (χ4v) is 4.74. The van der Waals surface area contributed by atoms with Crippen LogP contribution in [-0.2, 0) is 9.31 Å². The maximum atomic E-state index is 6.39. The van der Waals surface area contributed by atoms with E-state index in [1.807, 2.05) is 0 Å². The van der Waals surface area contributed by atoms with Crippen LogP contribution in [0.2, 0.25) is 0 Å². The van der Waals surface area contributed by atoms with Crippen LogP contribution in [0, 0.1) is 23.2 Å². The molecule has 3 nitrogen and oxygen atoms in total. The molecule has 20 heavy (non-hydrogen) atoms. The summed E-state index contributed by atoms with van der Waals surface area (Å²) < 4.78 is 12.6. The van der Waals surface area contributed by atoms with Crippen LogP contribution in [0.25, 0.3) is 0 Å². The highest BCUT2D eigenvalue weighted by atomic mass is 16.7. The van der Waals surface area contributed by atoms with E-state index in [0.29, 0.717) is 17.3 Å². The van der Waals surface area contributed by atoms with Crippen LogP contribution >= 0.6 is 0 Å². The SMILES string of the molecule is CC(C)CCC(N)B1OC2CC3CC(C3(C)C)C2(C)O1. The van der Waals surface area contributed by atoms with Crippen molar-refractivity contribution in [3.63, 3.8) is 0 Å². The van der Waals surface area contributed by atoms with E-state index in [1.165, 1.54) is 6.42 Å². The lowest BCUT2D eigenvalue weighted by molar-refractivity contribution is -0.199. The third-order valence-corrected chi connectivity index (χ3v) is 6.40. The standard InChI is InChI=1S/C16H30BNO2/c1-10(2)6-7-14(18)17-19-13-9-11-8-12(15(11,3)4)16(13,5)20-17/h10-14H,6-9,18H2,1-5H3. The predicted molar refractivity (Wildman–Crippen MR) is 82.2 cm³/mol. The minimum atomic E-state index is -0.195. The molecule has 0 amide bonds. The number of rotatable bonds is 4. The van der Waals surface area contributed by atoms with E-state index in [9.17, 15) is 0 Å². The van der Waals surface area contributed by atoms with Gasteiger partial charge >= 0.3 is 7.12 Å². The Bertz CT molecular complexity index is 387. The molecule has 2 N–H and O–H groups in total. The van der Waals surface area contributed by atoms with Gasteiger partial charge in [-0.25, -0.2) is 0 Å². The maximum absolute atomic E-state index is 6.39. The topological polar surface area (TPSA) is 44.5 Å². The molecule has 0 spiro atoms. The van der Waals surface area contributed by atoms with Crippen LogP contribution in [-0.4, -0.2) is 24.8 Å². The smallest absolute Gasteiger partial charge is 0.404 e. The fraction of sp³-hybridized carbons (Fsp3) is 1.00. The molecule has 5 unspecified atom stereocenters. The van der Waals surface area contributed by atoms with Crippen LogP contribution in [0.5, 0.6) is 0 Å². The van der Waals surface area contributed by atoms with Gasteiger partial charge in [-0.15, -0.1) is 0 Å². The van der Waals surface area contributed by atoms with Crippen LogP contribution in [0.3, 0.4) is 0 Å². The number of nitrogens with two attached hydrogens (primary N) is 1. The summed E-state index contributed by atoms with van der Waals surface area (Å²) in [6.07, 6.45) is 4.84. The summed E-state index contributed by atoms with van der Waals surface area (Å²) in [7, 11) is -0.195. The van der Waals surface area contributed by atoms with E-state index in [1.54, 1.807) is 0 Å². The molecule has 5 atom stereocenters. The second-order valence-electron chi connectivity index (χ2n) is 8.47. The summed E-state index contributed by atoms with van der Waals surface area (Å²) in [6.45, 7) is 11.5. The first-order valence-corrected chi connectivity index (χ1v) is 8.34. The molecule has 3 aliphatic carbocycles. The summed E-state index contributed by atoms with van der Waals surface area (Å²) in [6, 6.07) is 0. The van der Waals surface area contributed by atoms with Gasteiger partial charge in [0.1, 0.15) is 0 Å². The van der Waals surface area contributed by atoms with Crippen LogP contribution in [0.4, 0.5) is 0 Å². The fourth-order valence-electron chi connectivity index (χ4n) is 4.74. The van der Waals surface area contributed by atoms with Gasteiger partial charge < -0.3 is 15.0 Å². The molecule has 0 aromatic heterocycles. The summed E-state index contributed by atoms with van der Waals surface area (Å²) in [5, 5.41) is 0. The monoisotopic (exact) mass is 279 g/mol. The first kappa shape index (κ1) is 14.9. The van der Waals surface area contributed by atoms with Gasteiger partial charge in [0.15, 0.2) is 0 Å². The van der Waals surface area contributed by atoms with Crippen molar-refractivity contribution in [3.05, 3.63) is 0 Å². The summed E-state index contributed by atoms with van der Waals surface area (Å²) in [5.74, 6) is 2.13. The zero-order valence-corrected chi connectivity index (χ0v) is 13.7. The molecule has 4 fully saturated rings. The lowest BCUT2D eigenvalue weighted by Gasteiger charge is -2.64. The molecular formula is C16H30BNO2. The van der Waals surface area contributed by atoms with Gasteiger partial charge in [0, 0.05) is 5.94 Å². The lowest BCUT2D eigenvalue weighted by atomic mass is 9.43. The van der Waals surface area contributed by atoms with E-state index in [-0.39, 0.29) is 24.8 Å². The quantitative estimate of drug-likeness (QED) is 0.804. The molecule has 2 bridgehead atoms. The zero-order chi connectivity index (χ0) is 14.7. The van der Waals surface area contributed by atoms with Crippen molar-refractivity contribution in [2.45, 2.75) is 77.9 Å². The first-order chi connectivity index (χ1) is 9.25. The van der Waals surface area contributed by atoms with E-state index < -0.39 is 0 Å². The van der Waals surface area contributed by atoms with Crippen molar-refractivity contribution < 1.29 is 9.31 Å². The van der Waals surface area contributed by atoms with Crippen molar-refractivity contribution in [2.75, 3.05) is 0 Å². The van der Waals surface area contributed by atoms with Gasteiger partial charge in [0.05, 0.1) is 11.7 Å². The maximum Gasteiger partial charge on any atom is 0.475 e. The van der Waals surface area contributed by atoms with E-state index >= 15 is 0 Å². The Morgan fingerprint density at radius 2 is 1.90 bits per heavy atom. The van der Waals surface area contributed by atoms with Crippen LogP contribution in [0.15, 0.2) is 0 Å². The number of hydrogen-bond acceptors (Lipinski definition) is 3. The minimum absolute atomic E-state index is 0.0140. The molecule has 0 aromatic rings. The summed E-state index contributed by atoms with van der Waals surface area (Å²) >= 11 is 0. The Balaban J connectivity index is 1.66.